The minimum absolute atomic E-state index is 0.218. The SMILES string of the molecule is CCOCC(C)NCc1cccc(OCC)c1O. The van der Waals surface area contributed by atoms with E-state index < -0.39 is 0 Å². The molecule has 0 aromatic heterocycles. The molecule has 0 saturated heterocycles. The molecule has 0 spiro atoms. The molecule has 18 heavy (non-hydrogen) atoms. The van der Waals surface area contributed by atoms with Crippen LogP contribution in [0.5, 0.6) is 11.5 Å². The molecule has 0 saturated carbocycles. The van der Waals surface area contributed by atoms with Crippen molar-refractivity contribution in [3.63, 3.8) is 0 Å². The number of ether oxygens (including phenoxy) is 2. The first-order valence-electron chi connectivity index (χ1n) is 6.43. The van der Waals surface area contributed by atoms with Gasteiger partial charge in [-0.1, -0.05) is 12.1 Å². The fourth-order valence-electron chi connectivity index (χ4n) is 1.62. The smallest absolute Gasteiger partial charge is 0.162 e. The molecule has 1 aromatic carbocycles. The van der Waals surface area contributed by atoms with Crippen molar-refractivity contribution < 1.29 is 14.6 Å². The highest BCUT2D eigenvalue weighted by Gasteiger charge is 2.08. The van der Waals surface area contributed by atoms with Crippen LogP contribution in [0.3, 0.4) is 0 Å². The van der Waals surface area contributed by atoms with Crippen molar-refractivity contribution in [1.29, 1.82) is 0 Å². The highest BCUT2D eigenvalue weighted by molar-refractivity contribution is 5.45. The quantitative estimate of drug-likeness (QED) is 0.746. The van der Waals surface area contributed by atoms with E-state index in [9.17, 15) is 5.11 Å². The molecule has 0 amide bonds. The summed E-state index contributed by atoms with van der Waals surface area (Å²) in [5.74, 6) is 0.754. The Hall–Kier alpha value is -1.26. The van der Waals surface area contributed by atoms with E-state index in [1.807, 2.05) is 26.0 Å². The van der Waals surface area contributed by atoms with E-state index in [0.29, 0.717) is 25.5 Å². The van der Waals surface area contributed by atoms with E-state index >= 15 is 0 Å². The maximum atomic E-state index is 10.0. The van der Waals surface area contributed by atoms with Crippen LogP contribution in [0.25, 0.3) is 0 Å². The number of phenols is 1. The second-order valence-electron chi connectivity index (χ2n) is 4.14. The number of aromatic hydroxyl groups is 1. The van der Waals surface area contributed by atoms with Crippen molar-refractivity contribution in [3.05, 3.63) is 23.8 Å². The van der Waals surface area contributed by atoms with Crippen LogP contribution in [-0.2, 0) is 11.3 Å². The number of nitrogens with one attached hydrogen (secondary N) is 1. The number of phenolic OH excluding ortho intramolecular Hbond substituents is 1. The summed E-state index contributed by atoms with van der Waals surface area (Å²) in [6, 6.07) is 5.79. The molecule has 0 heterocycles. The van der Waals surface area contributed by atoms with E-state index in [4.69, 9.17) is 9.47 Å². The Labute approximate surface area is 109 Å². The summed E-state index contributed by atoms with van der Waals surface area (Å²) in [5, 5.41) is 13.3. The summed E-state index contributed by atoms with van der Waals surface area (Å²) in [6.07, 6.45) is 0. The maximum absolute atomic E-state index is 10.0. The van der Waals surface area contributed by atoms with E-state index in [2.05, 4.69) is 12.2 Å². The van der Waals surface area contributed by atoms with Crippen molar-refractivity contribution in [2.75, 3.05) is 19.8 Å². The molecule has 0 aliphatic carbocycles. The number of hydrogen-bond donors (Lipinski definition) is 2. The van der Waals surface area contributed by atoms with Crippen LogP contribution in [0, 0.1) is 0 Å². The third-order valence-corrected chi connectivity index (χ3v) is 2.60. The summed E-state index contributed by atoms with van der Waals surface area (Å²) in [4.78, 5) is 0. The summed E-state index contributed by atoms with van der Waals surface area (Å²) in [5.41, 5.74) is 0.837. The van der Waals surface area contributed by atoms with Crippen LogP contribution in [0.1, 0.15) is 26.3 Å². The van der Waals surface area contributed by atoms with Crippen LogP contribution in [-0.4, -0.2) is 31.0 Å². The monoisotopic (exact) mass is 253 g/mol. The fourth-order valence-corrected chi connectivity index (χ4v) is 1.62. The van der Waals surface area contributed by atoms with Crippen molar-refractivity contribution in [1.82, 2.24) is 5.32 Å². The van der Waals surface area contributed by atoms with Crippen molar-refractivity contribution in [2.45, 2.75) is 33.4 Å². The largest absolute Gasteiger partial charge is 0.504 e. The molecule has 2 N–H and O–H groups in total. The van der Waals surface area contributed by atoms with Gasteiger partial charge in [-0.15, -0.1) is 0 Å². The topological polar surface area (TPSA) is 50.7 Å². The van der Waals surface area contributed by atoms with Gasteiger partial charge in [0.1, 0.15) is 0 Å². The standard InChI is InChI=1S/C14H23NO3/c1-4-17-10-11(3)15-9-12-7-6-8-13(14(12)16)18-5-2/h6-8,11,15-16H,4-5,9-10H2,1-3H3. The highest BCUT2D eigenvalue weighted by atomic mass is 16.5. The zero-order chi connectivity index (χ0) is 13.4. The first kappa shape index (κ1) is 14.8. The number of hydrogen-bond acceptors (Lipinski definition) is 4. The van der Waals surface area contributed by atoms with Crippen molar-refractivity contribution >= 4 is 0 Å². The normalized spacial score (nSPS) is 12.4. The predicted molar refractivity (Wildman–Crippen MR) is 72.1 cm³/mol. The molecular formula is C14H23NO3. The Bertz CT molecular complexity index is 355. The molecule has 1 atom stereocenters. The Morgan fingerprint density at radius 2 is 2.06 bits per heavy atom. The predicted octanol–water partition coefficient (Wildman–Crippen LogP) is 2.31. The molecule has 4 nitrogen and oxygen atoms in total. The lowest BCUT2D eigenvalue weighted by Crippen LogP contribution is -2.30. The van der Waals surface area contributed by atoms with Gasteiger partial charge in [0.05, 0.1) is 13.2 Å². The minimum Gasteiger partial charge on any atom is -0.504 e. The second-order valence-corrected chi connectivity index (χ2v) is 4.14. The van der Waals surface area contributed by atoms with Crippen LogP contribution >= 0.6 is 0 Å². The zero-order valence-electron chi connectivity index (χ0n) is 11.4. The van der Waals surface area contributed by atoms with Gasteiger partial charge in [-0.2, -0.15) is 0 Å². The van der Waals surface area contributed by atoms with Gasteiger partial charge >= 0.3 is 0 Å². The first-order valence-corrected chi connectivity index (χ1v) is 6.43. The van der Waals surface area contributed by atoms with Crippen LogP contribution in [0.2, 0.25) is 0 Å². The van der Waals surface area contributed by atoms with Gasteiger partial charge in [-0.05, 0) is 26.8 Å². The zero-order valence-corrected chi connectivity index (χ0v) is 11.4. The van der Waals surface area contributed by atoms with Crippen LogP contribution in [0.4, 0.5) is 0 Å². The molecular weight excluding hydrogens is 230 g/mol. The Balaban J connectivity index is 2.54. The fraction of sp³-hybridized carbons (Fsp3) is 0.571. The number of benzene rings is 1. The lowest BCUT2D eigenvalue weighted by molar-refractivity contribution is 0.127. The molecule has 1 rings (SSSR count). The second kappa shape index (κ2) is 7.95. The molecule has 0 fully saturated rings. The summed E-state index contributed by atoms with van der Waals surface area (Å²) < 4.78 is 10.7. The van der Waals surface area contributed by atoms with Gasteiger partial charge in [-0.3, -0.25) is 0 Å². The van der Waals surface area contributed by atoms with Crippen LogP contribution in [0.15, 0.2) is 18.2 Å². The summed E-state index contributed by atoms with van der Waals surface area (Å²) in [6.45, 7) is 8.46. The lowest BCUT2D eigenvalue weighted by atomic mass is 10.1. The van der Waals surface area contributed by atoms with Gasteiger partial charge in [-0.25, -0.2) is 0 Å². The molecule has 0 aliphatic heterocycles. The molecule has 102 valence electrons. The van der Waals surface area contributed by atoms with E-state index in [1.54, 1.807) is 6.07 Å². The third-order valence-electron chi connectivity index (χ3n) is 2.60. The van der Waals surface area contributed by atoms with Gasteiger partial charge in [0.2, 0.25) is 0 Å². The molecule has 1 aromatic rings. The lowest BCUT2D eigenvalue weighted by Gasteiger charge is -2.15. The highest BCUT2D eigenvalue weighted by Crippen LogP contribution is 2.29. The van der Waals surface area contributed by atoms with E-state index in [-0.39, 0.29) is 11.8 Å². The first-order chi connectivity index (χ1) is 8.69. The number of rotatable bonds is 8. The molecule has 0 radical (unpaired) electrons. The molecule has 0 bridgehead atoms. The van der Waals surface area contributed by atoms with Gasteiger partial charge < -0.3 is 19.9 Å². The molecule has 4 heteroatoms. The van der Waals surface area contributed by atoms with Crippen LogP contribution < -0.4 is 10.1 Å². The van der Waals surface area contributed by atoms with Crippen molar-refractivity contribution in [2.24, 2.45) is 0 Å². The summed E-state index contributed by atoms with van der Waals surface area (Å²) >= 11 is 0. The van der Waals surface area contributed by atoms with Gasteiger partial charge in [0.15, 0.2) is 11.5 Å². The molecule has 1 unspecified atom stereocenters. The van der Waals surface area contributed by atoms with Gasteiger partial charge in [0, 0.05) is 24.8 Å². The number of para-hydroxylation sites is 1. The Kier molecular flexibility index (Phi) is 6.54. The van der Waals surface area contributed by atoms with E-state index in [1.165, 1.54) is 0 Å². The Morgan fingerprint density at radius 3 is 2.72 bits per heavy atom. The maximum Gasteiger partial charge on any atom is 0.162 e. The average Bonchev–Trinajstić information content (AvgIpc) is 2.37. The van der Waals surface area contributed by atoms with Gasteiger partial charge in [0.25, 0.3) is 0 Å². The summed E-state index contributed by atoms with van der Waals surface area (Å²) in [7, 11) is 0. The van der Waals surface area contributed by atoms with E-state index in [0.717, 1.165) is 12.2 Å². The minimum atomic E-state index is 0.218. The Morgan fingerprint density at radius 1 is 1.28 bits per heavy atom. The molecule has 0 aliphatic rings. The van der Waals surface area contributed by atoms with Crippen molar-refractivity contribution in [3.8, 4) is 11.5 Å². The average molecular weight is 253 g/mol. The third kappa shape index (κ3) is 4.55.